The van der Waals surface area contributed by atoms with E-state index in [1.54, 1.807) is 31.3 Å². The minimum Gasteiger partial charge on any atom is -0.497 e. The number of ether oxygens (including phenoxy) is 3. The van der Waals surface area contributed by atoms with Gasteiger partial charge in [0, 0.05) is 13.1 Å². The maximum atomic E-state index is 13.3. The minimum atomic E-state index is -0.605. The van der Waals surface area contributed by atoms with Gasteiger partial charge in [-0.25, -0.2) is 0 Å². The number of amides is 2. The molecule has 1 N–H and O–H groups in total. The molecule has 0 aliphatic rings. The number of nitrogens with one attached hydrogen (secondary N) is 1. The van der Waals surface area contributed by atoms with Gasteiger partial charge in [0.15, 0.2) is 18.1 Å². The van der Waals surface area contributed by atoms with Gasteiger partial charge in [0.25, 0.3) is 5.91 Å². The van der Waals surface area contributed by atoms with Gasteiger partial charge >= 0.3 is 0 Å². The van der Waals surface area contributed by atoms with Crippen LogP contribution in [0.2, 0.25) is 0 Å². The van der Waals surface area contributed by atoms with Gasteiger partial charge in [-0.05, 0) is 42.7 Å². The SMILES string of the molecule is CCCCNC(=O)C(CC)N(Cc1cccc(OC)c1)C(=O)COc1ccccc1OC. The van der Waals surface area contributed by atoms with Crippen LogP contribution >= 0.6 is 0 Å². The van der Waals surface area contributed by atoms with Crippen molar-refractivity contribution in [1.29, 1.82) is 0 Å². The minimum absolute atomic E-state index is 0.158. The molecule has 1 atom stereocenters. The molecule has 2 rings (SSSR count). The first-order valence-electron chi connectivity index (χ1n) is 11.0. The van der Waals surface area contributed by atoms with E-state index < -0.39 is 6.04 Å². The normalized spacial score (nSPS) is 11.4. The summed E-state index contributed by atoms with van der Waals surface area (Å²) in [4.78, 5) is 27.7. The van der Waals surface area contributed by atoms with Crippen molar-refractivity contribution >= 4 is 11.8 Å². The van der Waals surface area contributed by atoms with Gasteiger partial charge in [0.2, 0.25) is 5.91 Å². The Balaban J connectivity index is 2.22. The fourth-order valence-electron chi connectivity index (χ4n) is 3.35. The van der Waals surface area contributed by atoms with Crippen molar-refractivity contribution in [3.05, 3.63) is 54.1 Å². The van der Waals surface area contributed by atoms with E-state index in [-0.39, 0.29) is 25.0 Å². The lowest BCUT2D eigenvalue weighted by molar-refractivity contribution is -0.143. The Morgan fingerprint density at radius 1 is 1.00 bits per heavy atom. The fraction of sp³-hybridized carbons (Fsp3) is 0.440. The molecule has 7 nitrogen and oxygen atoms in total. The van der Waals surface area contributed by atoms with Crippen molar-refractivity contribution < 1.29 is 23.8 Å². The van der Waals surface area contributed by atoms with Crippen LogP contribution < -0.4 is 19.5 Å². The van der Waals surface area contributed by atoms with Crippen LogP contribution in [0.3, 0.4) is 0 Å². The summed E-state index contributed by atoms with van der Waals surface area (Å²) in [6.45, 7) is 4.62. The third kappa shape index (κ3) is 7.18. The molecule has 2 aromatic rings. The molecule has 0 aliphatic carbocycles. The van der Waals surface area contributed by atoms with Crippen LogP contribution in [0.15, 0.2) is 48.5 Å². The molecule has 0 saturated carbocycles. The monoisotopic (exact) mass is 442 g/mol. The number of methoxy groups -OCH3 is 2. The second-order valence-electron chi connectivity index (χ2n) is 7.38. The average molecular weight is 443 g/mol. The predicted molar refractivity (Wildman–Crippen MR) is 124 cm³/mol. The zero-order valence-corrected chi connectivity index (χ0v) is 19.4. The first-order valence-corrected chi connectivity index (χ1v) is 11.0. The summed E-state index contributed by atoms with van der Waals surface area (Å²) in [5.41, 5.74) is 0.870. The van der Waals surface area contributed by atoms with E-state index >= 15 is 0 Å². The van der Waals surface area contributed by atoms with Crippen LogP contribution in [-0.4, -0.2) is 50.1 Å². The predicted octanol–water partition coefficient (Wildman–Crippen LogP) is 3.81. The third-order valence-electron chi connectivity index (χ3n) is 5.12. The van der Waals surface area contributed by atoms with Gasteiger partial charge in [-0.15, -0.1) is 0 Å². The van der Waals surface area contributed by atoms with E-state index in [0.29, 0.717) is 30.2 Å². The van der Waals surface area contributed by atoms with Crippen LogP contribution in [0.5, 0.6) is 17.2 Å². The van der Waals surface area contributed by atoms with E-state index in [4.69, 9.17) is 14.2 Å². The maximum Gasteiger partial charge on any atom is 0.261 e. The molecule has 0 fully saturated rings. The van der Waals surface area contributed by atoms with Gasteiger partial charge in [-0.3, -0.25) is 9.59 Å². The number of carbonyl (C=O) groups excluding carboxylic acids is 2. The number of carbonyl (C=O) groups is 2. The lowest BCUT2D eigenvalue weighted by Crippen LogP contribution is -2.50. The standard InChI is InChI=1S/C25H34N2O5/c1-5-7-15-26-25(29)21(6-2)27(17-19-11-10-12-20(16-19)30-3)24(28)18-32-23-14-9-8-13-22(23)31-4/h8-14,16,21H,5-7,15,17-18H2,1-4H3,(H,26,29). The molecule has 2 amide bonds. The van der Waals surface area contributed by atoms with Crippen molar-refractivity contribution in [3.8, 4) is 17.2 Å². The Kier molecular flexibility index (Phi) is 10.4. The molecule has 0 heterocycles. The fourth-order valence-corrected chi connectivity index (χ4v) is 3.35. The number of hydrogen-bond donors (Lipinski definition) is 1. The molecule has 0 aromatic heterocycles. The number of hydrogen-bond acceptors (Lipinski definition) is 5. The molecule has 32 heavy (non-hydrogen) atoms. The first-order chi connectivity index (χ1) is 15.5. The van der Waals surface area contributed by atoms with Gasteiger partial charge < -0.3 is 24.4 Å². The molecular formula is C25H34N2O5. The topological polar surface area (TPSA) is 77.1 Å². The summed E-state index contributed by atoms with van der Waals surface area (Å²) in [6.07, 6.45) is 2.36. The van der Waals surface area contributed by atoms with Gasteiger partial charge in [-0.2, -0.15) is 0 Å². The van der Waals surface area contributed by atoms with Crippen molar-refractivity contribution in [2.24, 2.45) is 0 Å². The van der Waals surface area contributed by atoms with E-state index in [0.717, 1.165) is 18.4 Å². The number of rotatable bonds is 13. The van der Waals surface area contributed by atoms with Crippen LogP contribution in [0.25, 0.3) is 0 Å². The third-order valence-corrected chi connectivity index (χ3v) is 5.12. The highest BCUT2D eigenvalue weighted by Crippen LogP contribution is 2.26. The number of nitrogens with zero attached hydrogens (tertiary/aromatic N) is 1. The molecule has 7 heteroatoms. The smallest absolute Gasteiger partial charge is 0.261 e. The van der Waals surface area contributed by atoms with E-state index in [1.807, 2.05) is 43.3 Å². The molecular weight excluding hydrogens is 408 g/mol. The first kappa shape index (κ1) is 25.0. The molecule has 0 aliphatic heterocycles. The molecule has 1 unspecified atom stereocenters. The van der Waals surface area contributed by atoms with E-state index in [2.05, 4.69) is 12.2 Å². The van der Waals surface area contributed by atoms with Crippen molar-refractivity contribution in [3.63, 3.8) is 0 Å². The number of benzene rings is 2. The Morgan fingerprint density at radius 2 is 1.75 bits per heavy atom. The summed E-state index contributed by atoms with van der Waals surface area (Å²) in [5, 5.41) is 2.95. The summed E-state index contributed by atoms with van der Waals surface area (Å²) in [6, 6.07) is 14.0. The zero-order valence-electron chi connectivity index (χ0n) is 19.4. The second-order valence-corrected chi connectivity index (χ2v) is 7.38. The Labute approximate surface area is 190 Å². The summed E-state index contributed by atoms with van der Waals surface area (Å²) in [5.74, 6) is 1.28. The molecule has 174 valence electrons. The van der Waals surface area contributed by atoms with Crippen LogP contribution in [-0.2, 0) is 16.1 Å². The van der Waals surface area contributed by atoms with Crippen molar-refractivity contribution in [2.75, 3.05) is 27.4 Å². The molecule has 2 aromatic carbocycles. The Morgan fingerprint density at radius 3 is 2.41 bits per heavy atom. The largest absolute Gasteiger partial charge is 0.497 e. The van der Waals surface area contributed by atoms with Crippen LogP contribution in [0.4, 0.5) is 0 Å². The highest BCUT2D eigenvalue weighted by Gasteiger charge is 2.29. The second kappa shape index (κ2) is 13.2. The lowest BCUT2D eigenvalue weighted by atomic mass is 10.1. The summed E-state index contributed by atoms with van der Waals surface area (Å²) >= 11 is 0. The maximum absolute atomic E-state index is 13.3. The Bertz CT molecular complexity index is 871. The average Bonchev–Trinajstić information content (AvgIpc) is 2.82. The highest BCUT2D eigenvalue weighted by atomic mass is 16.5. The van der Waals surface area contributed by atoms with Crippen LogP contribution in [0, 0.1) is 0 Å². The molecule has 0 radical (unpaired) electrons. The van der Waals surface area contributed by atoms with E-state index in [9.17, 15) is 9.59 Å². The van der Waals surface area contributed by atoms with E-state index in [1.165, 1.54) is 0 Å². The van der Waals surface area contributed by atoms with Crippen molar-refractivity contribution in [2.45, 2.75) is 45.7 Å². The van der Waals surface area contributed by atoms with Gasteiger partial charge in [-0.1, -0.05) is 44.5 Å². The zero-order chi connectivity index (χ0) is 23.3. The summed E-state index contributed by atoms with van der Waals surface area (Å²) in [7, 11) is 3.14. The molecule has 0 saturated heterocycles. The highest BCUT2D eigenvalue weighted by molar-refractivity contribution is 5.88. The van der Waals surface area contributed by atoms with Crippen molar-refractivity contribution in [1.82, 2.24) is 10.2 Å². The Hall–Kier alpha value is -3.22. The van der Waals surface area contributed by atoms with Gasteiger partial charge in [0.1, 0.15) is 11.8 Å². The van der Waals surface area contributed by atoms with Gasteiger partial charge in [0.05, 0.1) is 14.2 Å². The number of unbranched alkanes of at least 4 members (excludes halogenated alkanes) is 1. The number of para-hydroxylation sites is 2. The lowest BCUT2D eigenvalue weighted by Gasteiger charge is -2.30. The molecule has 0 spiro atoms. The molecule has 0 bridgehead atoms. The quantitative estimate of drug-likeness (QED) is 0.478. The van der Waals surface area contributed by atoms with Crippen LogP contribution in [0.1, 0.15) is 38.7 Å². The summed E-state index contributed by atoms with van der Waals surface area (Å²) < 4.78 is 16.4.